The number of rotatable bonds is 0. The van der Waals surface area contributed by atoms with Gasteiger partial charge in [-0.05, 0) is 30.6 Å². The van der Waals surface area contributed by atoms with Crippen molar-refractivity contribution in [2.75, 3.05) is 0 Å². The minimum absolute atomic E-state index is 0.519. The van der Waals surface area contributed by atoms with E-state index in [-0.39, 0.29) is 0 Å². The van der Waals surface area contributed by atoms with Gasteiger partial charge in [-0.1, -0.05) is 6.92 Å². The monoisotopic (exact) mass is 138 g/mol. The molecule has 2 atom stereocenters. The van der Waals surface area contributed by atoms with Gasteiger partial charge in [-0.3, -0.25) is 4.79 Å². The van der Waals surface area contributed by atoms with Gasteiger partial charge in [0.25, 0.3) is 0 Å². The number of hydrogen-bond donors (Lipinski definition) is 0. The van der Waals surface area contributed by atoms with Crippen LogP contribution in [0.3, 0.4) is 0 Å². The average Bonchev–Trinajstić information content (AvgIpc) is 2.20. The van der Waals surface area contributed by atoms with Gasteiger partial charge >= 0.3 is 0 Å². The zero-order valence-corrected chi connectivity index (χ0v) is 6.47. The highest BCUT2D eigenvalue weighted by atomic mass is 16.1. The second-order valence-electron chi connectivity index (χ2n) is 3.90. The maximum atomic E-state index is 11.1. The van der Waals surface area contributed by atoms with E-state index in [0.717, 1.165) is 30.6 Å². The fraction of sp³-hybridized carbons (Fsp3) is 0.889. The maximum absolute atomic E-state index is 11.1. The Balaban J connectivity index is 2.16. The summed E-state index contributed by atoms with van der Waals surface area (Å²) in [6, 6.07) is 0. The first-order valence-electron chi connectivity index (χ1n) is 4.29. The Hall–Kier alpha value is -0.330. The van der Waals surface area contributed by atoms with Crippen molar-refractivity contribution >= 4 is 5.78 Å². The molecule has 2 bridgehead atoms. The van der Waals surface area contributed by atoms with Crippen LogP contribution in [0.25, 0.3) is 0 Å². The van der Waals surface area contributed by atoms with Crippen LogP contribution < -0.4 is 0 Å². The molecule has 0 radical (unpaired) electrons. The van der Waals surface area contributed by atoms with Crippen LogP contribution in [0.1, 0.15) is 32.6 Å². The molecule has 1 heteroatoms. The Morgan fingerprint density at radius 3 is 2.20 bits per heavy atom. The summed E-state index contributed by atoms with van der Waals surface area (Å²) in [5.74, 6) is 2.88. The summed E-state index contributed by atoms with van der Waals surface area (Å²) in [7, 11) is 0. The first kappa shape index (κ1) is 6.38. The molecule has 10 heavy (non-hydrogen) atoms. The normalized spacial score (nSPS) is 46.1. The first-order chi connectivity index (χ1) is 4.77. The molecule has 0 aromatic carbocycles. The molecule has 0 heterocycles. The molecule has 2 unspecified atom stereocenters. The predicted octanol–water partition coefficient (Wildman–Crippen LogP) is 2.01. The van der Waals surface area contributed by atoms with Gasteiger partial charge in [0.05, 0.1) is 0 Å². The van der Waals surface area contributed by atoms with Gasteiger partial charge in [-0.25, -0.2) is 0 Å². The van der Waals surface area contributed by atoms with Crippen molar-refractivity contribution in [3.8, 4) is 0 Å². The van der Waals surface area contributed by atoms with Crippen LogP contribution in [0.15, 0.2) is 0 Å². The van der Waals surface area contributed by atoms with Gasteiger partial charge in [0.2, 0.25) is 0 Å². The molecule has 0 saturated heterocycles. The predicted molar refractivity (Wildman–Crippen MR) is 39.6 cm³/mol. The van der Waals surface area contributed by atoms with E-state index >= 15 is 0 Å². The van der Waals surface area contributed by atoms with E-state index in [2.05, 4.69) is 6.92 Å². The van der Waals surface area contributed by atoms with Gasteiger partial charge in [-0.2, -0.15) is 0 Å². The van der Waals surface area contributed by atoms with Crippen LogP contribution in [-0.4, -0.2) is 5.78 Å². The molecule has 0 N–H and O–H groups in total. The van der Waals surface area contributed by atoms with Crippen LogP contribution in [-0.2, 0) is 4.79 Å². The molecule has 2 fully saturated rings. The molecular formula is C9H14O. The SMILES string of the molecule is CC1C2CCC1CC(=O)C2. The van der Waals surface area contributed by atoms with Gasteiger partial charge in [0, 0.05) is 12.8 Å². The summed E-state index contributed by atoms with van der Waals surface area (Å²) in [6.07, 6.45) is 4.41. The molecule has 2 saturated carbocycles. The number of ketones is 1. The van der Waals surface area contributed by atoms with E-state index in [4.69, 9.17) is 0 Å². The first-order valence-corrected chi connectivity index (χ1v) is 4.29. The molecule has 1 nitrogen and oxygen atoms in total. The highest BCUT2D eigenvalue weighted by molar-refractivity contribution is 5.80. The summed E-state index contributed by atoms with van der Waals surface area (Å²) in [5, 5.41) is 0. The smallest absolute Gasteiger partial charge is 0.133 e. The zero-order valence-electron chi connectivity index (χ0n) is 6.47. The molecule has 0 aromatic rings. The summed E-state index contributed by atoms with van der Waals surface area (Å²) in [6.45, 7) is 2.31. The lowest BCUT2D eigenvalue weighted by Gasteiger charge is -2.25. The Morgan fingerprint density at radius 2 is 1.70 bits per heavy atom. The van der Waals surface area contributed by atoms with Gasteiger partial charge in [0.15, 0.2) is 0 Å². The van der Waals surface area contributed by atoms with Gasteiger partial charge in [0.1, 0.15) is 5.78 Å². The van der Waals surface area contributed by atoms with Crippen LogP contribution in [0.2, 0.25) is 0 Å². The summed E-state index contributed by atoms with van der Waals surface area (Å²) >= 11 is 0. The van der Waals surface area contributed by atoms with Crippen molar-refractivity contribution < 1.29 is 4.79 Å². The Labute approximate surface area is 61.8 Å². The second kappa shape index (κ2) is 2.08. The quantitative estimate of drug-likeness (QED) is 0.500. The van der Waals surface area contributed by atoms with E-state index in [9.17, 15) is 4.79 Å². The molecule has 2 aliphatic carbocycles. The number of hydrogen-bond acceptors (Lipinski definition) is 1. The topological polar surface area (TPSA) is 17.1 Å². The molecule has 0 aromatic heterocycles. The fourth-order valence-corrected chi connectivity index (χ4v) is 2.58. The third-order valence-electron chi connectivity index (χ3n) is 3.38. The summed E-state index contributed by atoms with van der Waals surface area (Å²) < 4.78 is 0. The molecule has 56 valence electrons. The minimum Gasteiger partial charge on any atom is -0.300 e. The van der Waals surface area contributed by atoms with Crippen LogP contribution in [0, 0.1) is 17.8 Å². The van der Waals surface area contributed by atoms with Crippen molar-refractivity contribution in [2.24, 2.45) is 17.8 Å². The van der Waals surface area contributed by atoms with Crippen molar-refractivity contribution in [1.82, 2.24) is 0 Å². The average molecular weight is 138 g/mol. The molecule has 0 aliphatic heterocycles. The van der Waals surface area contributed by atoms with Crippen molar-refractivity contribution in [3.05, 3.63) is 0 Å². The Bertz CT molecular complexity index is 146. The minimum atomic E-state index is 0.519. The van der Waals surface area contributed by atoms with E-state index in [1.165, 1.54) is 12.8 Å². The standard InChI is InChI=1S/C9H14O/c1-6-7-2-3-8(6)5-9(10)4-7/h6-8H,2-5H2,1H3. The lowest BCUT2D eigenvalue weighted by Crippen LogP contribution is -2.23. The van der Waals surface area contributed by atoms with E-state index in [1.807, 2.05) is 0 Å². The highest BCUT2D eigenvalue weighted by Crippen LogP contribution is 2.44. The largest absolute Gasteiger partial charge is 0.300 e. The molecule has 0 spiro atoms. The van der Waals surface area contributed by atoms with Gasteiger partial charge in [-0.15, -0.1) is 0 Å². The lowest BCUT2D eigenvalue weighted by atomic mass is 9.79. The van der Waals surface area contributed by atoms with Crippen molar-refractivity contribution in [3.63, 3.8) is 0 Å². The molecule has 2 rings (SSSR count). The van der Waals surface area contributed by atoms with Crippen molar-refractivity contribution in [2.45, 2.75) is 32.6 Å². The molecular weight excluding hydrogens is 124 g/mol. The third kappa shape index (κ3) is 0.799. The summed E-state index contributed by atoms with van der Waals surface area (Å²) in [5.41, 5.74) is 0. The number of fused-ring (bicyclic) bond motifs is 2. The molecule has 2 aliphatic rings. The lowest BCUT2D eigenvalue weighted by molar-refractivity contribution is -0.123. The number of carbonyl (C=O) groups excluding carboxylic acids is 1. The van der Waals surface area contributed by atoms with Crippen LogP contribution in [0.4, 0.5) is 0 Å². The Morgan fingerprint density at radius 1 is 1.20 bits per heavy atom. The Kier molecular flexibility index (Phi) is 1.33. The highest BCUT2D eigenvalue weighted by Gasteiger charge is 2.38. The van der Waals surface area contributed by atoms with E-state index in [0.29, 0.717) is 5.78 Å². The van der Waals surface area contributed by atoms with E-state index < -0.39 is 0 Å². The zero-order chi connectivity index (χ0) is 7.14. The maximum Gasteiger partial charge on any atom is 0.133 e. The van der Waals surface area contributed by atoms with Crippen molar-refractivity contribution in [1.29, 1.82) is 0 Å². The van der Waals surface area contributed by atoms with Crippen LogP contribution >= 0.6 is 0 Å². The molecule has 0 amide bonds. The number of carbonyl (C=O) groups is 1. The van der Waals surface area contributed by atoms with Crippen LogP contribution in [0.5, 0.6) is 0 Å². The summed E-state index contributed by atoms with van der Waals surface area (Å²) in [4.78, 5) is 11.1. The second-order valence-corrected chi connectivity index (χ2v) is 3.90. The van der Waals surface area contributed by atoms with E-state index in [1.54, 1.807) is 0 Å². The fourth-order valence-electron chi connectivity index (χ4n) is 2.58. The number of Topliss-reactive ketones (excluding diaryl/α,β-unsaturated/α-hetero) is 1. The van der Waals surface area contributed by atoms with Gasteiger partial charge < -0.3 is 0 Å². The third-order valence-corrected chi connectivity index (χ3v) is 3.38.